The Morgan fingerprint density at radius 2 is 1.86 bits per heavy atom. The first kappa shape index (κ1) is 16.6. The minimum absolute atomic E-state index is 0.0155. The summed E-state index contributed by atoms with van der Waals surface area (Å²) in [4.78, 5) is 33.8. The number of carbonyl (C=O) groups is 3. The molecule has 0 spiro atoms. The van der Waals surface area contributed by atoms with Gasteiger partial charge in [-0.2, -0.15) is 0 Å². The molecular weight excluding hydrogens is 276 g/mol. The lowest BCUT2D eigenvalue weighted by Gasteiger charge is -2.08. The van der Waals surface area contributed by atoms with E-state index in [4.69, 9.17) is 4.74 Å². The highest BCUT2D eigenvalue weighted by atomic mass is 16.5. The Morgan fingerprint density at radius 3 is 2.52 bits per heavy atom. The molecule has 0 aliphatic heterocycles. The molecule has 0 heterocycles. The summed E-state index contributed by atoms with van der Waals surface area (Å²) in [5.74, 6) is -0.703. The second-order valence-corrected chi connectivity index (χ2v) is 4.16. The number of amides is 2. The van der Waals surface area contributed by atoms with Crippen LogP contribution < -0.4 is 15.4 Å². The van der Waals surface area contributed by atoms with Crippen molar-refractivity contribution in [1.29, 1.82) is 0 Å². The minimum Gasteiger partial charge on any atom is -0.427 e. The molecule has 0 radical (unpaired) electrons. The van der Waals surface area contributed by atoms with Crippen LogP contribution in [0, 0.1) is 0 Å². The highest BCUT2D eigenvalue weighted by Gasteiger charge is 2.07. The summed E-state index contributed by atoms with van der Waals surface area (Å²) >= 11 is 0. The Morgan fingerprint density at radius 1 is 1.14 bits per heavy atom. The third kappa shape index (κ3) is 6.53. The van der Waals surface area contributed by atoms with Crippen LogP contribution in [-0.2, 0) is 14.3 Å². The fourth-order valence-electron chi connectivity index (χ4n) is 1.53. The van der Waals surface area contributed by atoms with E-state index >= 15 is 0 Å². The molecule has 114 valence electrons. The van der Waals surface area contributed by atoms with Crippen LogP contribution in [0.3, 0.4) is 0 Å². The highest BCUT2D eigenvalue weighted by molar-refractivity contribution is 5.94. The van der Waals surface area contributed by atoms with Crippen molar-refractivity contribution in [2.45, 2.75) is 6.92 Å². The Labute approximate surface area is 122 Å². The predicted molar refractivity (Wildman–Crippen MR) is 75.0 cm³/mol. The SMILES string of the molecule is COCC(=O)NCCNC(=O)c1cccc(OC(C)=O)c1. The van der Waals surface area contributed by atoms with E-state index in [0.717, 1.165) is 0 Å². The Bertz CT molecular complexity index is 516. The lowest BCUT2D eigenvalue weighted by atomic mass is 10.2. The van der Waals surface area contributed by atoms with Crippen LogP contribution in [-0.4, -0.2) is 44.6 Å². The number of carbonyl (C=O) groups excluding carboxylic acids is 3. The second kappa shape index (κ2) is 8.70. The van der Waals surface area contributed by atoms with Crippen LogP contribution in [0.2, 0.25) is 0 Å². The molecule has 0 saturated heterocycles. The zero-order chi connectivity index (χ0) is 15.7. The first-order valence-corrected chi connectivity index (χ1v) is 6.35. The number of rotatable bonds is 7. The van der Waals surface area contributed by atoms with Crippen LogP contribution in [0.15, 0.2) is 24.3 Å². The number of benzene rings is 1. The number of ether oxygens (including phenoxy) is 2. The number of hydrogen-bond donors (Lipinski definition) is 2. The zero-order valence-electron chi connectivity index (χ0n) is 12.0. The monoisotopic (exact) mass is 294 g/mol. The van der Waals surface area contributed by atoms with Crippen molar-refractivity contribution < 1.29 is 23.9 Å². The van der Waals surface area contributed by atoms with Gasteiger partial charge >= 0.3 is 5.97 Å². The summed E-state index contributed by atoms with van der Waals surface area (Å²) < 4.78 is 9.55. The smallest absolute Gasteiger partial charge is 0.308 e. The quantitative estimate of drug-likeness (QED) is 0.423. The van der Waals surface area contributed by atoms with E-state index in [2.05, 4.69) is 15.4 Å². The lowest BCUT2D eigenvalue weighted by molar-refractivity contribution is -0.132. The second-order valence-electron chi connectivity index (χ2n) is 4.16. The van der Waals surface area contributed by atoms with Crippen molar-refractivity contribution in [3.63, 3.8) is 0 Å². The van der Waals surface area contributed by atoms with Crippen molar-refractivity contribution >= 4 is 17.8 Å². The van der Waals surface area contributed by atoms with Gasteiger partial charge in [-0.05, 0) is 18.2 Å². The molecule has 1 rings (SSSR count). The average Bonchev–Trinajstić information content (AvgIpc) is 2.43. The summed E-state index contributed by atoms with van der Waals surface area (Å²) in [6.45, 7) is 1.86. The number of nitrogens with one attached hydrogen (secondary N) is 2. The van der Waals surface area contributed by atoms with Crippen molar-refractivity contribution in [1.82, 2.24) is 10.6 Å². The Hall–Kier alpha value is -2.41. The first-order chi connectivity index (χ1) is 10.0. The molecule has 7 heteroatoms. The van der Waals surface area contributed by atoms with Gasteiger partial charge in [-0.25, -0.2) is 0 Å². The molecule has 0 bridgehead atoms. The molecule has 0 aliphatic carbocycles. The normalized spacial score (nSPS) is 9.81. The molecular formula is C14H18N2O5. The molecule has 0 aromatic heterocycles. The molecule has 1 aromatic carbocycles. The van der Waals surface area contributed by atoms with Crippen LogP contribution in [0.25, 0.3) is 0 Å². The minimum atomic E-state index is -0.451. The fourth-order valence-corrected chi connectivity index (χ4v) is 1.53. The van der Waals surface area contributed by atoms with E-state index in [1.54, 1.807) is 18.2 Å². The summed E-state index contributed by atoms with van der Waals surface area (Å²) in [6, 6.07) is 6.28. The maximum atomic E-state index is 11.9. The maximum absolute atomic E-state index is 11.9. The topological polar surface area (TPSA) is 93.7 Å². The van der Waals surface area contributed by atoms with Crippen LogP contribution >= 0.6 is 0 Å². The van der Waals surface area contributed by atoms with Crippen LogP contribution in [0.1, 0.15) is 17.3 Å². The third-order valence-electron chi connectivity index (χ3n) is 2.37. The molecule has 0 saturated carbocycles. The van der Waals surface area contributed by atoms with Crippen LogP contribution in [0.5, 0.6) is 5.75 Å². The van der Waals surface area contributed by atoms with E-state index in [9.17, 15) is 14.4 Å². The summed E-state index contributed by atoms with van der Waals surface area (Å²) in [5, 5.41) is 5.22. The van der Waals surface area contributed by atoms with E-state index in [1.165, 1.54) is 20.1 Å². The van der Waals surface area contributed by atoms with Crippen molar-refractivity contribution in [3.8, 4) is 5.75 Å². The molecule has 0 fully saturated rings. The summed E-state index contributed by atoms with van der Waals surface area (Å²) in [6.07, 6.45) is 0. The Kier molecular flexibility index (Phi) is 6.90. The van der Waals surface area contributed by atoms with Gasteiger partial charge < -0.3 is 20.1 Å². The molecule has 1 aromatic rings. The maximum Gasteiger partial charge on any atom is 0.308 e. The third-order valence-corrected chi connectivity index (χ3v) is 2.37. The molecule has 0 atom stereocenters. The number of hydrogen-bond acceptors (Lipinski definition) is 5. The van der Waals surface area contributed by atoms with Gasteiger partial charge in [0.25, 0.3) is 5.91 Å². The first-order valence-electron chi connectivity index (χ1n) is 6.35. The van der Waals surface area contributed by atoms with Gasteiger partial charge in [-0.1, -0.05) is 6.07 Å². The average molecular weight is 294 g/mol. The molecule has 2 N–H and O–H groups in total. The van der Waals surface area contributed by atoms with Gasteiger partial charge in [0.05, 0.1) is 0 Å². The van der Waals surface area contributed by atoms with Gasteiger partial charge in [-0.3, -0.25) is 14.4 Å². The van der Waals surface area contributed by atoms with E-state index in [1.807, 2.05) is 0 Å². The van der Waals surface area contributed by atoms with Crippen LogP contribution in [0.4, 0.5) is 0 Å². The fraction of sp³-hybridized carbons (Fsp3) is 0.357. The van der Waals surface area contributed by atoms with Crippen molar-refractivity contribution in [2.24, 2.45) is 0 Å². The van der Waals surface area contributed by atoms with Gasteiger partial charge in [0.1, 0.15) is 12.4 Å². The summed E-state index contributed by atoms with van der Waals surface area (Å²) in [5.41, 5.74) is 0.372. The molecule has 0 unspecified atom stereocenters. The number of esters is 1. The molecule has 2 amide bonds. The number of methoxy groups -OCH3 is 1. The predicted octanol–water partition coefficient (Wildman–Crippen LogP) is 0.104. The highest BCUT2D eigenvalue weighted by Crippen LogP contribution is 2.13. The molecule has 7 nitrogen and oxygen atoms in total. The standard InChI is InChI=1S/C14H18N2O5/c1-10(17)21-12-5-3-4-11(8-12)14(19)16-7-6-15-13(18)9-20-2/h3-5,8H,6-7,9H2,1-2H3,(H,15,18)(H,16,19). The summed E-state index contributed by atoms with van der Waals surface area (Å²) in [7, 11) is 1.43. The van der Waals surface area contributed by atoms with Crippen molar-refractivity contribution in [3.05, 3.63) is 29.8 Å². The Balaban J connectivity index is 2.41. The lowest BCUT2D eigenvalue weighted by Crippen LogP contribution is -2.36. The van der Waals surface area contributed by atoms with E-state index in [0.29, 0.717) is 17.9 Å². The molecule has 0 aliphatic rings. The van der Waals surface area contributed by atoms with Gasteiger partial charge in [0.15, 0.2) is 0 Å². The van der Waals surface area contributed by atoms with Gasteiger partial charge in [0.2, 0.25) is 5.91 Å². The van der Waals surface area contributed by atoms with E-state index < -0.39 is 5.97 Å². The van der Waals surface area contributed by atoms with E-state index in [-0.39, 0.29) is 25.0 Å². The zero-order valence-corrected chi connectivity index (χ0v) is 12.0. The van der Waals surface area contributed by atoms with Gasteiger partial charge in [0, 0.05) is 32.7 Å². The molecule has 21 heavy (non-hydrogen) atoms. The largest absolute Gasteiger partial charge is 0.427 e. The van der Waals surface area contributed by atoms with Crippen molar-refractivity contribution in [2.75, 3.05) is 26.8 Å². The van der Waals surface area contributed by atoms with Gasteiger partial charge in [-0.15, -0.1) is 0 Å².